The Hall–Kier alpha value is -3.08. The van der Waals surface area contributed by atoms with Gasteiger partial charge in [0.05, 0.1) is 5.69 Å². The van der Waals surface area contributed by atoms with Crippen LogP contribution in [-0.4, -0.2) is 77.9 Å². The number of rotatable bonds is 7. The zero-order chi connectivity index (χ0) is 25.3. The summed E-state index contributed by atoms with van der Waals surface area (Å²) in [4.78, 5) is 6.75. The summed E-state index contributed by atoms with van der Waals surface area (Å²) in [5.41, 5.74) is 2.96. The van der Waals surface area contributed by atoms with Crippen LogP contribution in [-0.2, 0) is 0 Å². The van der Waals surface area contributed by atoms with Crippen molar-refractivity contribution in [2.45, 2.75) is 45.5 Å². The quantitative estimate of drug-likeness (QED) is 0.486. The summed E-state index contributed by atoms with van der Waals surface area (Å²) in [6.45, 7) is 6.71. The summed E-state index contributed by atoms with van der Waals surface area (Å²) in [7, 11) is 6.26. The van der Waals surface area contributed by atoms with Crippen LogP contribution in [0.2, 0.25) is 0 Å². The molecule has 0 aliphatic carbocycles. The lowest BCUT2D eigenvalue weighted by Gasteiger charge is -2.37. The van der Waals surface area contributed by atoms with E-state index in [1.165, 1.54) is 18.2 Å². The molecule has 0 amide bonds. The first-order valence-electron chi connectivity index (χ1n) is 11.8. The molecular formula is C24H32F3N7O. The molecule has 0 spiro atoms. The van der Waals surface area contributed by atoms with Crippen molar-refractivity contribution in [2.75, 3.05) is 50.6 Å². The summed E-state index contributed by atoms with van der Waals surface area (Å²) < 4.78 is 44.0. The number of hydrogen-bond donors (Lipinski definition) is 0. The zero-order valence-corrected chi connectivity index (χ0v) is 20.8. The first-order valence-corrected chi connectivity index (χ1v) is 11.8. The molecule has 0 N–H and O–H groups in total. The predicted molar refractivity (Wildman–Crippen MR) is 130 cm³/mol. The van der Waals surface area contributed by atoms with E-state index in [1.807, 2.05) is 6.92 Å². The number of ether oxygens (including phenoxy) is 1. The van der Waals surface area contributed by atoms with Gasteiger partial charge in [0, 0.05) is 43.9 Å². The topological polar surface area (TPSA) is 62.0 Å². The molecule has 1 saturated heterocycles. The first kappa shape index (κ1) is 25.0. The molecule has 0 atom stereocenters. The Bertz CT molecular complexity index is 1170. The molecule has 35 heavy (non-hydrogen) atoms. The fourth-order valence-electron chi connectivity index (χ4n) is 4.75. The average Bonchev–Trinajstić information content (AvgIpc) is 3.22. The van der Waals surface area contributed by atoms with Gasteiger partial charge in [-0.2, -0.15) is 4.52 Å². The van der Waals surface area contributed by atoms with E-state index in [-0.39, 0.29) is 5.75 Å². The van der Waals surface area contributed by atoms with Gasteiger partial charge < -0.3 is 19.4 Å². The molecule has 3 heterocycles. The van der Waals surface area contributed by atoms with Gasteiger partial charge in [0.1, 0.15) is 5.75 Å². The van der Waals surface area contributed by atoms with Crippen LogP contribution >= 0.6 is 0 Å². The second-order valence-electron chi connectivity index (χ2n) is 9.24. The second kappa shape index (κ2) is 9.88. The number of aromatic nitrogens is 4. The molecule has 0 radical (unpaired) electrons. The summed E-state index contributed by atoms with van der Waals surface area (Å²) in [6.07, 6.45) is -1.75. The highest BCUT2D eigenvalue weighted by Gasteiger charge is 2.31. The molecule has 1 aliphatic heterocycles. The van der Waals surface area contributed by atoms with Gasteiger partial charge >= 0.3 is 6.36 Å². The predicted octanol–water partition coefficient (Wildman–Crippen LogP) is 4.37. The van der Waals surface area contributed by atoms with Crippen LogP contribution in [0, 0.1) is 6.92 Å². The van der Waals surface area contributed by atoms with E-state index in [1.54, 1.807) is 10.6 Å². The highest BCUT2D eigenvalue weighted by atomic mass is 19.4. The smallest absolute Gasteiger partial charge is 0.406 e. The Balaban J connectivity index is 1.80. The molecule has 8 nitrogen and oxygen atoms in total. The normalized spacial score (nSPS) is 15.3. The van der Waals surface area contributed by atoms with Crippen LogP contribution in [0.1, 0.15) is 31.7 Å². The molecule has 11 heteroatoms. The molecule has 2 aromatic heterocycles. The number of anilines is 2. The third kappa shape index (κ3) is 5.29. The van der Waals surface area contributed by atoms with Gasteiger partial charge in [-0.1, -0.05) is 19.1 Å². The van der Waals surface area contributed by atoms with Gasteiger partial charge in [-0.05, 0) is 52.4 Å². The monoisotopic (exact) mass is 491 g/mol. The second-order valence-corrected chi connectivity index (χ2v) is 9.24. The standard InChI is InChI=1S/C24H32F3N7O/c1-6-12-32(5)20-16(2)21-28-29-22(17-8-7-9-19(15-17)35-24(25,26)27)34(21)30-23(20)33-13-10-18(11-14-33)31(3)4/h7-9,15,18H,6,10-14H2,1-5H3. The molecule has 0 saturated carbocycles. The van der Waals surface area contributed by atoms with Crippen LogP contribution in [0.4, 0.5) is 24.7 Å². The van der Waals surface area contributed by atoms with Gasteiger partial charge in [0.2, 0.25) is 0 Å². The van der Waals surface area contributed by atoms with E-state index in [0.717, 1.165) is 56.0 Å². The van der Waals surface area contributed by atoms with Gasteiger partial charge in [-0.3, -0.25) is 0 Å². The van der Waals surface area contributed by atoms with Crippen molar-refractivity contribution in [1.29, 1.82) is 0 Å². The largest absolute Gasteiger partial charge is 0.573 e. The number of benzene rings is 1. The van der Waals surface area contributed by atoms with Crippen LogP contribution < -0.4 is 14.5 Å². The molecule has 0 unspecified atom stereocenters. The summed E-state index contributed by atoms with van der Waals surface area (Å²) in [5, 5.41) is 13.6. The van der Waals surface area contributed by atoms with Crippen LogP contribution in [0.3, 0.4) is 0 Å². The lowest BCUT2D eigenvalue weighted by atomic mass is 10.0. The van der Waals surface area contributed by atoms with Crippen molar-refractivity contribution >= 4 is 17.2 Å². The number of fused-ring (bicyclic) bond motifs is 1. The molecule has 4 rings (SSSR count). The highest BCUT2D eigenvalue weighted by molar-refractivity contribution is 5.77. The molecule has 1 aromatic carbocycles. The molecule has 0 bridgehead atoms. The van der Waals surface area contributed by atoms with Crippen molar-refractivity contribution in [3.8, 4) is 17.1 Å². The SMILES string of the molecule is CCCN(C)c1c(N2CCC(N(C)C)CC2)nn2c(-c3cccc(OC(F)(F)F)c3)nnc2c1C. The third-order valence-electron chi connectivity index (χ3n) is 6.50. The molecule has 1 aliphatic rings. The minimum absolute atomic E-state index is 0.311. The Labute approximate surface area is 203 Å². The van der Waals surface area contributed by atoms with Crippen molar-refractivity contribution < 1.29 is 17.9 Å². The Morgan fingerprint density at radius 2 is 1.83 bits per heavy atom. The lowest BCUT2D eigenvalue weighted by Crippen LogP contribution is -2.43. The Kier molecular flexibility index (Phi) is 7.07. The van der Waals surface area contributed by atoms with Gasteiger partial charge in [-0.25, -0.2) is 0 Å². The number of halogens is 3. The van der Waals surface area contributed by atoms with Crippen molar-refractivity contribution in [2.24, 2.45) is 0 Å². The van der Waals surface area contributed by atoms with E-state index in [4.69, 9.17) is 5.10 Å². The lowest BCUT2D eigenvalue weighted by molar-refractivity contribution is -0.274. The van der Waals surface area contributed by atoms with Crippen molar-refractivity contribution in [3.05, 3.63) is 29.8 Å². The summed E-state index contributed by atoms with van der Waals surface area (Å²) in [5.74, 6) is 0.894. The maximum absolute atomic E-state index is 12.8. The van der Waals surface area contributed by atoms with Crippen LogP contribution in [0.5, 0.6) is 5.75 Å². The zero-order valence-electron chi connectivity index (χ0n) is 20.8. The van der Waals surface area contributed by atoms with E-state index >= 15 is 0 Å². The summed E-state index contributed by atoms with van der Waals surface area (Å²) in [6, 6.07) is 6.27. The van der Waals surface area contributed by atoms with Crippen LogP contribution in [0.15, 0.2) is 24.3 Å². The van der Waals surface area contributed by atoms with Crippen LogP contribution in [0.25, 0.3) is 17.0 Å². The number of hydrogen-bond acceptors (Lipinski definition) is 7. The van der Waals surface area contributed by atoms with Crippen molar-refractivity contribution in [3.63, 3.8) is 0 Å². The van der Waals surface area contributed by atoms with Gasteiger partial charge in [-0.15, -0.1) is 28.5 Å². The molecule has 190 valence electrons. The van der Waals surface area contributed by atoms with Gasteiger partial charge in [0.15, 0.2) is 17.3 Å². The van der Waals surface area contributed by atoms with E-state index in [9.17, 15) is 13.2 Å². The maximum Gasteiger partial charge on any atom is 0.573 e. The number of piperidine rings is 1. The maximum atomic E-state index is 12.8. The summed E-state index contributed by atoms with van der Waals surface area (Å²) >= 11 is 0. The molecular weight excluding hydrogens is 459 g/mol. The number of nitrogens with zero attached hydrogens (tertiary/aromatic N) is 7. The molecule has 3 aromatic rings. The highest BCUT2D eigenvalue weighted by Crippen LogP contribution is 2.36. The molecule has 1 fully saturated rings. The van der Waals surface area contributed by atoms with E-state index in [0.29, 0.717) is 23.1 Å². The Morgan fingerprint density at radius 1 is 1.11 bits per heavy atom. The van der Waals surface area contributed by atoms with Crippen molar-refractivity contribution in [1.82, 2.24) is 24.7 Å². The first-order chi connectivity index (χ1) is 16.6. The third-order valence-corrected chi connectivity index (χ3v) is 6.50. The van der Waals surface area contributed by atoms with Gasteiger partial charge in [0.25, 0.3) is 0 Å². The number of alkyl halides is 3. The van der Waals surface area contributed by atoms with E-state index < -0.39 is 6.36 Å². The Morgan fingerprint density at radius 3 is 2.46 bits per heavy atom. The minimum Gasteiger partial charge on any atom is -0.406 e. The van der Waals surface area contributed by atoms with E-state index in [2.05, 4.69) is 57.7 Å². The fraction of sp³-hybridized carbons (Fsp3) is 0.542. The minimum atomic E-state index is -4.77. The number of aryl methyl sites for hydroxylation is 1. The average molecular weight is 492 g/mol. The fourth-order valence-corrected chi connectivity index (χ4v) is 4.75.